The number of hydrogen-bond acceptors (Lipinski definition) is 3. The molecule has 0 aliphatic rings. The summed E-state index contributed by atoms with van der Waals surface area (Å²) in [4.78, 5) is 6.90. The van der Waals surface area contributed by atoms with Crippen LogP contribution in [-0.4, -0.2) is 0 Å². The van der Waals surface area contributed by atoms with E-state index in [-0.39, 0.29) is 0 Å². The van der Waals surface area contributed by atoms with Crippen molar-refractivity contribution >= 4 is 51.2 Å². The Bertz CT molecular complexity index is 2900. The van der Waals surface area contributed by atoms with Crippen LogP contribution in [0.2, 0.25) is 0 Å². The number of para-hydroxylation sites is 5. The maximum Gasteiger partial charge on any atom is 0.0462 e. The van der Waals surface area contributed by atoms with Gasteiger partial charge in [0.05, 0.1) is 0 Å². The molecule has 0 amide bonds. The molecule has 63 heavy (non-hydrogen) atoms. The fraction of sp³-hybridized carbons (Fsp3) is 0. The molecule has 10 aromatic rings. The smallest absolute Gasteiger partial charge is 0.0462 e. The molecule has 0 fully saturated rings. The highest BCUT2D eigenvalue weighted by atomic mass is 15.2. The Morgan fingerprint density at radius 1 is 0.127 bits per heavy atom. The monoisotopic (exact) mass is 807 g/mol. The average molecular weight is 808 g/mol. The van der Waals surface area contributed by atoms with Crippen molar-refractivity contribution in [3.63, 3.8) is 0 Å². The van der Waals surface area contributed by atoms with Crippen LogP contribution in [0.3, 0.4) is 0 Å². The van der Waals surface area contributed by atoms with E-state index in [2.05, 4.69) is 288 Å². The molecule has 0 atom stereocenters. The molecule has 3 heteroatoms. The van der Waals surface area contributed by atoms with Gasteiger partial charge in [-0.1, -0.05) is 164 Å². The van der Waals surface area contributed by atoms with Gasteiger partial charge in [-0.3, -0.25) is 0 Å². The minimum Gasteiger partial charge on any atom is -0.311 e. The summed E-state index contributed by atoms with van der Waals surface area (Å²) >= 11 is 0. The Balaban J connectivity index is 0.869. The molecule has 3 nitrogen and oxygen atoms in total. The zero-order chi connectivity index (χ0) is 42.2. The molecule has 0 saturated carbocycles. The van der Waals surface area contributed by atoms with Crippen LogP contribution in [0.15, 0.2) is 273 Å². The van der Waals surface area contributed by atoms with Gasteiger partial charge in [0.15, 0.2) is 0 Å². The highest BCUT2D eigenvalue weighted by molar-refractivity contribution is 5.83. The second kappa shape index (κ2) is 18.1. The van der Waals surface area contributed by atoms with Crippen LogP contribution in [-0.2, 0) is 0 Å². The Kier molecular flexibility index (Phi) is 11.1. The third-order valence-electron chi connectivity index (χ3n) is 11.5. The van der Waals surface area contributed by atoms with E-state index >= 15 is 0 Å². The lowest BCUT2D eigenvalue weighted by molar-refractivity contribution is 1.28. The molecule has 0 saturated heterocycles. The number of anilines is 9. The second-order valence-corrected chi connectivity index (χ2v) is 15.4. The van der Waals surface area contributed by atoms with Crippen molar-refractivity contribution in [1.82, 2.24) is 0 Å². The molecule has 0 spiro atoms. The summed E-state index contributed by atoms with van der Waals surface area (Å²) in [5.41, 5.74) is 17.1. The SMILES string of the molecule is c1ccc(N(c2ccccc2)c2ccc(-c3ccc(-c4ccc(N(c5ccccc5)c5ccc(-c6ccc(N(c7ccccc7)c7ccccc7)cc6)cc5)cc4)cc3)cc2)cc1. The highest BCUT2D eigenvalue weighted by Crippen LogP contribution is 2.40. The number of nitrogens with zero attached hydrogens (tertiary/aromatic N) is 3. The van der Waals surface area contributed by atoms with Crippen LogP contribution in [0.5, 0.6) is 0 Å². The zero-order valence-electron chi connectivity index (χ0n) is 34.8. The van der Waals surface area contributed by atoms with Crippen molar-refractivity contribution in [1.29, 1.82) is 0 Å². The molecule has 300 valence electrons. The highest BCUT2D eigenvalue weighted by Gasteiger charge is 2.16. The van der Waals surface area contributed by atoms with E-state index in [1.54, 1.807) is 0 Å². The summed E-state index contributed by atoms with van der Waals surface area (Å²) in [5.74, 6) is 0. The summed E-state index contributed by atoms with van der Waals surface area (Å²) in [6, 6.07) is 97.0. The molecule has 0 heterocycles. The zero-order valence-corrected chi connectivity index (χ0v) is 34.8. The van der Waals surface area contributed by atoms with E-state index < -0.39 is 0 Å². The van der Waals surface area contributed by atoms with Gasteiger partial charge in [-0.15, -0.1) is 0 Å². The number of rotatable bonds is 12. The Morgan fingerprint density at radius 3 is 0.413 bits per heavy atom. The molecule has 0 aliphatic heterocycles. The first-order valence-electron chi connectivity index (χ1n) is 21.4. The van der Waals surface area contributed by atoms with E-state index in [1.807, 2.05) is 0 Å². The van der Waals surface area contributed by atoms with E-state index in [4.69, 9.17) is 0 Å². The van der Waals surface area contributed by atoms with Gasteiger partial charge < -0.3 is 14.7 Å². The van der Waals surface area contributed by atoms with Crippen molar-refractivity contribution in [2.45, 2.75) is 0 Å². The molecular formula is C60H45N3. The Hall–Kier alpha value is -8.40. The fourth-order valence-electron chi connectivity index (χ4n) is 8.29. The predicted octanol–water partition coefficient (Wildman–Crippen LogP) is 17.1. The minimum atomic E-state index is 1.10. The molecule has 0 aliphatic carbocycles. The summed E-state index contributed by atoms with van der Waals surface area (Å²) in [7, 11) is 0. The van der Waals surface area contributed by atoms with Gasteiger partial charge in [0, 0.05) is 51.2 Å². The van der Waals surface area contributed by atoms with Gasteiger partial charge in [0.25, 0.3) is 0 Å². The van der Waals surface area contributed by atoms with E-state index in [0.29, 0.717) is 0 Å². The summed E-state index contributed by atoms with van der Waals surface area (Å²) in [6.45, 7) is 0. The van der Waals surface area contributed by atoms with Crippen LogP contribution in [0.25, 0.3) is 33.4 Å². The first-order valence-corrected chi connectivity index (χ1v) is 21.4. The normalized spacial score (nSPS) is 10.9. The maximum absolute atomic E-state index is 2.32. The van der Waals surface area contributed by atoms with Crippen LogP contribution >= 0.6 is 0 Å². The van der Waals surface area contributed by atoms with E-state index in [0.717, 1.165) is 51.2 Å². The molecule has 0 radical (unpaired) electrons. The van der Waals surface area contributed by atoms with Crippen LogP contribution < -0.4 is 14.7 Å². The Morgan fingerprint density at radius 2 is 0.254 bits per heavy atom. The third kappa shape index (κ3) is 8.50. The number of benzene rings is 10. The van der Waals surface area contributed by atoms with Crippen LogP contribution in [0, 0.1) is 0 Å². The average Bonchev–Trinajstić information content (AvgIpc) is 3.37. The van der Waals surface area contributed by atoms with Gasteiger partial charge in [-0.2, -0.15) is 0 Å². The second-order valence-electron chi connectivity index (χ2n) is 15.4. The number of hydrogen-bond donors (Lipinski definition) is 0. The largest absolute Gasteiger partial charge is 0.311 e. The fourth-order valence-corrected chi connectivity index (χ4v) is 8.29. The quantitative estimate of drug-likeness (QED) is 0.122. The summed E-state index contributed by atoms with van der Waals surface area (Å²) < 4.78 is 0. The van der Waals surface area contributed by atoms with Gasteiger partial charge in [-0.25, -0.2) is 0 Å². The standard InChI is InChI=1S/C60H45N3/c1-6-16-52(17-7-1)61(53-18-8-2-9-19-53)57-38-30-48(31-39-57)46-26-28-47(29-27-46)49-32-42-59(43-33-49)63(56-24-14-5-15-25-56)60-44-36-51(37-45-60)50-34-40-58(41-35-50)62(54-20-10-3-11-21-54)55-22-12-4-13-23-55/h1-45H. The van der Waals surface area contributed by atoms with Crippen molar-refractivity contribution in [3.8, 4) is 33.4 Å². The third-order valence-corrected chi connectivity index (χ3v) is 11.5. The van der Waals surface area contributed by atoms with Gasteiger partial charge in [0.2, 0.25) is 0 Å². The maximum atomic E-state index is 2.32. The van der Waals surface area contributed by atoms with E-state index in [9.17, 15) is 0 Å². The van der Waals surface area contributed by atoms with Crippen molar-refractivity contribution < 1.29 is 0 Å². The first-order chi connectivity index (χ1) is 31.2. The topological polar surface area (TPSA) is 9.72 Å². The van der Waals surface area contributed by atoms with Gasteiger partial charge in [0.1, 0.15) is 0 Å². The minimum absolute atomic E-state index is 1.10. The van der Waals surface area contributed by atoms with Gasteiger partial charge >= 0.3 is 0 Å². The Labute approximate surface area is 370 Å². The molecule has 0 N–H and O–H groups in total. The van der Waals surface area contributed by atoms with E-state index in [1.165, 1.54) is 33.4 Å². The van der Waals surface area contributed by atoms with Crippen LogP contribution in [0.1, 0.15) is 0 Å². The molecule has 10 aromatic carbocycles. The summed E-state index contributed by atoms with van der Waals surface area (Å²) in [5, 5.41) is 0. The summed E-state index contributed by atoms with van der Waals surface area (Å²) in [6.07, 6.45) is 0. The van der Waals surface area contributed by atoms with Crippen molar-refractivity contribution in [2.75, 3.05) is 14.7 Å². The molecule has 10 rings (SSSR count). The van der Waals surface area contributed by atoms with Crippen molar-refractivity contribution in [2.24, 2.45) is 0 Å². The molecule has 0 bridgehead atoms. The molecule has 0 unspecified atom stereocenters. The van der Waals surface area contributed by atoms with Gasteiger partial charge in [-0.05, 0) is 143 Å². The van der Waals surface area contributed by atoms with Crippen LogP contribution in [0.4, 0.5) is 51.2 Å². The lowest BCUT2D eigenvalue weighted by Gasteiger charge is -2.26. The lowest BCUT2D eigenvalue weighted by Crippen LogP contribution is -2.09. The van der Waals surface area contributed by atoms with Crippen molar-refractivity contribution in [3.05, 3.63) is 273 Å². The predicted molar refractivity (Wildman–Crippen MR) is 267 cm³/mol. The molecule has 0 aromatic heterocycles. The first kappa shape index (κ1) is 38.8. The molecular weight excluding hydrogens is 763 g/mol. The lowest BCUT2D eigenvalue weighted by atomic mass is 9.99.